The van der Waals surface area contributed by atoms with Crippen molar-refractivity contribution in [3.63, 3.8) is 0 Å². The van der Waals surface area contributed by atoms with E-state index < -0.39 is 27.2 Å². The van der Waals surface area contributed by atoms with Gasteiger partial charge >= 0.3 is 0 Å². The molecule has 0 aromatic carbocycles. The molecule has 0 aliphatic heterocycles. The zero-order valence-corrected chi connectivity index (χ0v) is 13.4. The van der Waals surface area contributed by atoms with Gasteiger partial charge in [0.25, 0.3) is 0 Å². The van der Waals surface area contributed by atoms with Gasteiger partial charge in [-0.25, -0.2) is 0 Å². The number of hydrogen-bond donors (Lipinski definition) is 1. The minimum Gasteiger partial charge on any atom is -0.389 e. The van der Waals surface area contributed by atoms with Crippen molar-refractivity contribution in [1.29, 1.82) is 0 Å². The average molecular weight is 282 g/mol. The monoisotopic (exact) mass is 282 g/mol. The fourth-order valence-electron chi connectivity index (χ4n) is 1.36. The first-order valence-electron chi connectivity index (χ1n) is 5.99. The number of aliphatic hydroxyl groups is 1. The maximum Gasteiger partial charge on any atom is 0.0731 e. The topological polar surface area (TPSA) is 54.4 Å². The SMILES string of the molecule is CC(CCS(=O)C(C)C(C)(C)O)C(C)S(C)=O. The smallest absolute Gasteiger partial charge is 0.0731 e. The molecule has 0 heterocycles. The van der Waals surface area contributed by atoms with Gasteiger partial charge in [-0.05, 0) is 33.1 Å². The third kappa shape index (κ3) is 6.11. The van der Waals surface area contributed by atoms with E-state index in [1.54, 1.807) is 20.1 Å². The Morgan fingerprint density at radius 2 is 1.65 bits per heavy atom. The molecule has 0 saturated carbocycles. The average Bonchev–Trinajstić information content (AvgIpc) is 2.21. The molecule has 0 aromatic heterocycles. The first kappa shape index (κ1) is 17.3. The van der Waals surface area contributed by atoms with E-state index in [-0.39, 0.29) is 10.5 Å². The van der Waals surface area contributed by atoms with Crippen LogP contribution in [0.2, 0.25) is 0 Å². The van der Waals surface area contributed by atoms with E-state index >= 15 is 0 Å². The maximum atomic E-state index is 12.0. The lowest BCUT2D eigenvalue weighted by atomic mass is 10.1. The normalized spacial score (nSPS) is 21.6. The minimum absolute atomic E-state index is 0.129. The predicted molar refractivity (Wildman–Crippen MR) is 76.1 cm³/mol. The van der Waals surface area contributed by atoms with Gasteiger partial charge in [0.1, 0.15) is 0 Å². The van der Waals surface area contributed by atoms with Gasteiger partial charge in [-0.1, -0.05) is 13.8 Å². The van der Waals surface area contributed by atoms with E-state index in [2.05, 4.69) is 0 Å². The lowest BCUT2D eigenvalue weighted by Crippen LogP contribution is -2.38. The summed E-state index contributed by atoms with van der Waals surface area (Å²) >= 11 is 0. The molecule has 0 spiro atoms. The van der Waals surface area contributed by atoms with E-state index in [0.29, 0.717) is 11.7 Å². The van der Waals surface area contributed by atoms with Gasteiger partial charge in [0, 0.05) is 38.9 Å². The van der Waals surface area contributed by atoms with Crippen LogP contribution in [0.5, 0.6) is 0 Å². The Balaban J connectivity index is 4.22. The highest BCUT2D eigenvalue weighted by atomic mass is 32.2. The molecule has 0 aliphatic carbocycles. The highest BCUT2D eigenvalue weighted by Gasteiger charge is 2.28. The van der Waals surface area contributed by atoms with Crippen molar-refractivity contribution in [2.24, 2.45) is 5.92 Å². The Kier molecular flexibility index (Phi) is 7.11. The molecular formula is C12H26O3S2. The fraction of sp³-hybridized carbons (Fsp3) is 1.00. The van der Waals surface area contributed by atoms with Crippen LogP contribution >= 0.6 is 0 Å². The third-order valence-corrected chi connectivity index (χ3v) is 7.00. The summed E-state index contributed by atoms with van der Waals surface area (Å²) in [5.74, 6) is 0.854. The molecule has 0 saturated heterocycles. The van der Waals surface area contributed by atoms with E-state index in [1.807, 2.05) is 20.8 Å². The van der Waals surface area contributed by atoms with Gasteiger partial charge in [0.15, 0.2) is 0 Å². The Bertz CT molecular complexity index is 284. The van der Waals surface area contributed by atoms with Gasteiger partial charge < -0.3 is 5.11 Å². The maximum absolute atomic E-state index is 12.0. The molecule has 3 nitrogen and oxygen atoms in total. The molecule has 0 aromatic rings. The van der Waals surface area contributed by atoms with Crippen LogP contribution in [0.25, 0.3) is 0 Å². The van der Waals surface area contributed by atoms with Gasteiger partial charge in [0.05, 0.1) is 10.9 Å². The Hall–Kier alpha value is 0.260. The van der Waals surface area contributed by atoms with Crippen LogP contribution in [0.3, 0.4) is 0 Å². The Morgan fingerprint density at radius 1 is 1.18 bits per heavy atom. The van der Waals surface area contributed by atoms with Crippen molar-refractivity contribution in [2.75, 3.05) is 12.0 Å². The highest BCUT2D eigenvalue weighted by Crippen LogP contribution is 2.18. The summed E-state index contributed by atoms with van der Waals surface area (Å²) in [6.45, 7) is 9.18. The molecule has 0 rings (SSSR count). The molecule has 1 N–H and O–H groups in total. The lowest BCUT2D eigenvalue weighted by molar-refractivity contribution is 0.0810. The van der Waals surface area contributed by atoms with Crippen LogP contribution in [0, 0.1) is 5.92 Å². The van der Waals surface area contributed by atoms with Crippen LogP contribution in [0.15, 0.2) is 0 Å². The minimum atomic E-state index is -1.03. The first-order chi connectivity index (χ1) is 7.57. The second kappa shape index (κ2) is 7.00. The Labute approximate surface area is 110 Å². The summed E-state index contributed by atoms with van der Waals surface area (Å²) in [4.78, 5) is 0. The van der Waals surface area contributed by atoms with Crippen LogP contribution < -0.4 is 0 Å². The molecule has 5 unspecified atom stereocenters. The zero-order chi connectivity index (χ0) is 13.8. The summed E-state index contributed by atoms with van der Waals surface area (Å²) < 4.78 is 23.3. The summed E-state index contributed by atoms with van der Waals surface area (Å²) in [5.41, 5.74) is -0.909. The summed E-state index contributed by atoms with van der Waals surface area (Å²) in [6, 6.07) is 0. The fourth-order valence-corrected chi connectivity index (χ4v) is 3.75. The predicted octanol–water partition coefficient (Wildman–Crippen LogP) is 1.69. The Morgan fingerprint density at radius 3 is 2.00 bits per heavy atom. The van der Waals surface area contributed by atoms with Crippen molar-refractivity contribution in [2.45, 2.75) is 57.1 Å². The largest absolute Gasteiger partial charge is 0.389 e. The first-order valence-corrected chi connectivity index (χ1v) is 8.99. The lowest BCUT2D eigenvalue weighted by Gasteiger charge is -2.26. The van der Waals surface area contributed by atoms with Crippen LogP contribution in [0.1, 0.15) is 41.0 Å². The van der Waals surface area contributed by atoms with Gasteiger partial charge in [0.2, 0.25) is 0 Å². The number of hydrogen-bond acceptors (Lipinski definition) is 3. The molecule has 5 atom stereocenters. The second-order valence-corrected chi connectivity index (χ2v) is 8.97. The molecule has 104 valence electrons. The van der Waals surface area contributed by atoms with E-state index in [1.165, 1.54) is 0 Å². The standard InChI is InChI=1S/C12H26O3S2/c1-9(10(2)16(6)14)7-8-17(15)11(3)12(4,5)13/h9-11,13H,7-8H2,1-6H3. The van der Waals surface area contributed by atoms with Gasteiger partial charge in [-0.2, -0.15) is 0 Å². The molecule has 17 heavy (non-hydrogen) atoms. The van der Waals surface area contributed by atoms with Crippen molar-refractivity contribution >= 4 is 21.6 Å². The summed E-state index contributed by atoms with van der Waals surface area (Å²) in [6.07, 6.45) is 2.49. The van der Waals surface area contributed by atoms with Crippen molar-refractivity contribution < 1.29 is 13.5 Å². The van der Waals surface area contributed by atoms with Gasteiger partial charge in [-0.15, -0.1) is 0 Å². The third-order valence-electron chi connectivity index (χ3n) is 3.49. The zero-order valence-electron chi connectivity index (χ0n) is 11.7. The van der Waals surface area contributed by atoms with Crippen molar-refractivity contribution in [1.82, 2.24) is 0 Å². The quantitative estimate of drug-likeness (QED) is 0.773. The molecule has 0 fully saturated rings. The van der Waals surface area contributed by atoms with Crippen LogP contribution in [-0.4, -0.2) is 41.6 Å². The van der Waals surface area contributed by atoms with Gasteiger partial charge in [-0.3, -0.25) is 8.42 Å². The highest BCUT2D eigenvalue weighted by molar-refractivity contribution is 7.85. The molecule has 0 amide bonds. The molecule has 0 aliphatic rings. The molecular weight excluding hydrogens is 256 g/mol. The van der Waals surface area contributed by atoms with E-state index in [0.717, 1.165) is 6.42 Å². The molecule has 0 bridgehead atoms. The van der Waals surface area contributed by atoms with E-state index in [9.17, 15) is 13.5 Å². The molecule has 5 heteroatoms. The van der Waals surface area contributed by atoms with Crippen molar-refractivity contribution in [3.05, 3.63) is 0 Å². The summed E-state index contributed by atoms with van der Waals surface area (Å²) in [7, 11) is -1.86. The van der Waals surface area contributed by atoms with E-state index in [4.69, 9.17) is 0 Å². The second-order valence-electron chi connectivity index (χ2n) is 5.35. The number of rotatable bonds is 7. The summed E-state index contributed by atoms with van der Waals surface area (Å²) in [5, 5.41) is 9.67. The van der Waals surface area contributed by atoms with Crippen LogP contribution in [-0.2, 0) is 21.6 Å². The molecule has 0 radical (unpaired) electrons. The van der Waals surface area contributed by atoms with Crippen molar-refractivity contribution in [3.8, 4) is 0 Å². The van der Waals surface area contributed by atoms with Crippen LogP contribution in [0.4, 0.5) is 0 Å².